The minimum absolute atomic E-state index is 0.306. The van der Waals surface area contributed by atoms with Crippen LogP contribution in [0, 0.1) is 0 Å². The molecule has 0 aliphatic carbocycles. The summed E-state index contributed by atoms with van der Waals surface area (Å²) in [7, 11) is 0. The molecule has 39 heavy (non-hydrogen) atoms. The number of para-hydroxylation sites is 2. The predicted molar refractivity (Wildman–Crippen MR) is 164 cm³/mol. The van der Waals surface area contributed by atoms with Gasteiger partial charge in [-0.1, -0.05) is 60.7 Å². The Labute approximate surface area is 236 Å². The van der Waals surface area contributed by atoms with Crippen molar-refractivity contribution in [2.75, 3.05) is 5.75 Å². The highest BCUT2D eigenvalue weighted by Gasteiger charge is 2.04. The molecule has 0 atom stereocenters. The van der Waals surface area contributed by atoms with Gasteiger partial charge in [0.25, 0.3) is 0 Å². The van der Waals surface area contributed by atoms with E-state index in [4.69, 9.17) is 0 Å². The van der Waals surface area contributed by atoms with Gasteiger partial charge < -0.3 is 10.2 Å². The lowest BCUT2D eigenvalue weighted by Gasteiger charge is -2.05. The number of phenolic OH excluding ortho intramolecular Hbond substituents is 2. The zero-order valence-electron chi connectivity index (χ0n) is 21.3. The fraction of sp³-hybridized carbons (Fsp3) is 0.0909. The Morgan fingerprint density at radius 3 is 1.56 bits per heavy atom. The fourth-order valence-corrected chi connectivity index (χ4v) is 6.12. The number of hydrogen-bond donors (Lipinski definition) is 2. The Bertz CT molecular complexity index is 1640. The Hall–Kier alpha value is -4.00. The smallest absolute Gasteiger partial charge is 0.115 e. The van der Waals surface area contributed by atoms with Gasteiger partial charge in [-0.2, -0.15) is 0 Å². The Morgan fingerprint density at radius 1 is 0.513 bits per heavy atom. The van der Waals surface area contributed by atoms with Crippen molar-refractivity contribution in [3.8, 4) is 11.5 Å². The molecule has 6 rings (SSSR count). The number of thioether (sulfide) groups is 2. The molecule has 0 radical (unpaired) electrons. The van der Waals surface area contributed by atoms with Crippen LogP contribution in [0.1, 0.15) is 11.1 Å². The van der Waals surface area contributed by atoms with Gasteiger partial charge in [-0.3, -0.25) is 9.97 Å². The van der Waals surface area contributed by atoms with Gasteiger partial charge in [0.15, 0.2) is 0 Å². The first kappa shape index (κ1) is 26.6. The molecular weight excluding hydrogens is 521 g/mol. The summed E-state index contributed by atoms with van der Waals surface area (Å²) in [6.07, 6.45) is 4.65. The summed E-state index contributed by atoms with van der Waals surface area (Å²) >= 11 is 3.59. The molecule has 4 nitrogen and oxygen atoms in total. The van der Waals surface area contributed by atoms with E-state index in [1.807, 2.05) is 60.6 Å². The van der Waals surface area contributed by atoms with Crippen molar-refractivity contribution in [3.63, 3.8) is 0 Å². The van der Waals surface area contributed by atoms with Crippen LogP contribution in [-0.4, -0.2) is 25.9 Å². The number of fused-ring (bicyclic) bond motifs is 2. The van der Waals surface area contributed by atoms with Gasteiger partial charge in [0, 0.05) is 44.5 Å². The zero-order chi connectivity index (χ0) is 26.9. The van der Waals surface area contributed by atoms with Crippen LogP contribution in [0.15, 0.2) is 131 Å². The lowest BCUT2D eigenvalue weighted by Crippen LogP contribution is -1.89. The monoisotopic (exact) mass is 548 g/mol. The first-order valence-corrected chi connectivity index (χ1v) is 14.6. The first-order chi connectivity index (χ1) is 19.2. The second kappa shape index (κ2) is 13.2. The predicted octanol–water partition coefficient (Wildman–Crippen LogP) is 8.51. The van der Waals surface area contributed by atoms with Crippen molar-refractivity contribution in [2.24, 2.45) is 0 Å². The van der Waals surface area contributed by atoms with Gasteiger partial charge in [0.2, 0.25) is 0 Å². The van der Waals surface area contributed by atoms with Crippen molar-refractivity contribution in [2.45, 2.75) is 22.0 Å². The van der Waals surface area contributed by atoms with E-state index < -0.39 is 0 Å². The van der Waals surface area contributed by atoms with E-state index in [1.165, 1.54) is 31.7 Å². The van der Waals surface area contributed by atoms with E-state index in [2.05, 4.69) is 58.5 Å². The molecular formula is C33H28N2O2S2. The standard InChI is InChI=1S/C17H15NOS.C16H13NOS/c19-15-8-6-13(7-9-15)10-12-20-16-5-1-3-14-4-2-11-18-17(14)16;18-14-8-6-12(7-9-14)11-19-15-5-1-3-13-4-2-10-17-16(13)15/h1-9,11,19H,10,12H2;1-10,18H,11H2. The molecule has 6 aromatic rings. The largest absolute Gasteiger partial charge is 0.508 e. The molecule has 6 heteroatoms. The van der Waals surface area contributed by atoms with E-state index >= 15 is 0 Å². The SMILES string of the molecule is Oc1ccc(CCSc2cccc3cccnc23)cc1.Oc1ccc(CSc2cccc3cccnc23)cc1. The Kier molecular flexibility index (Phi) is 8.99. The highest BCUT2D eigenvalue weighted by atomic mass is 32.2. The third-order valence-electron chi connectivity index (χ3n) is 6.11. The van der Waals surface area contributed by atoms with Crippen LogP contribution in [-0.2, 0) is 12.2 Å². The summed E-state index contributed by atoms with van der Waals surface area (Å²) in [4.78, 5) is 11.3. The maximum absolute atomic E-state index is 9.27. The molecule has 4 aromatic carbocycles. The quantitative estimate of drug-likeness (QED) is 0.195. The van der Waals surface area contributed by atoms with Crippen LogP contribution in [0.25, 0.3) is 21.8 Å². The molecule has 2 aromatic heterocycles. The normalized spacial score (nSPS) is 10.8. The van der Waals surface area contributed by atoms with Gasteiger partial charge in [-0.25, -0.2) is 0 Å². The highest BCUT2D eigenvalue weighted by molar-refractivity contribution is 7.99. The number of benzene rings is 4. The van der Waals surface area contributed by atoms with Crippen LogP contribution in [0.4, 0.5) is 0 Å². The van der Waals surface area contributed by atoms with Gasteiger partial charge in [0.05, 0.1) is 11.0 Å². The second-order valence-electron chi connectivity index (χ2n) is 8.88. The van der Waals surface area contributed by atoms with E-state index in [0.29, 0.717) is 11.5 Å². The lowest BCUT2D eigenvalue weighted by atomic mass is 10.2. The summed E-state index contributed by atoms with van der Waals surface area (Å²) in [5, 5.41) is 20.9. The summed E-state index contributed by atoms with van der Waals surface area (Å²) < 4.78 is 0. The molecule has 194 valence electrons. The highest BCUT2D eigenvalue weighted by Crippen LogP contribution is 2.29. The van der Waals surface area contributed by atoms with Crippen molar-refractivity contribution < 1.29 is 10.2 Å². The maximum atomic E-state index is 9.27. The van der Waals surface area contributed by atoms with Crippen molar-refractivity contribution in [1.29, 1.82) is 0 Å². The second-order valence-corrected chi connectivity index (χ2v) is 11.0. The molecule has 2 N–H and O–H groups in total. The van der Waals surface area contributed by atoms with Crippen molar-refractivity contribution >= 4 is 45.3 Å². The first-order valence-electron chi connectivity index (χ1n) is 12.6. The van der Waals surface area contributed by atoms with E-state index in [-0.39, 0.29) is 0 Å². The molecule has 0 aliphatic heterocycles. The van der Waals surface area contributed by atoms with Crippen LogP contribution in [0.5, 0.6) is 11.5 Å². The number of hydrogen-bond acceptors (Lipinski definition) is 6. The van der Waals surface area contributed by atoms with Crippen LogP contribution < -0.4 is 0 Å². The minimum Gasteiger partial charge on any atom is -0.508 e. The number of pyridine rings is 2. The zero-order valence-corrected chi connectivity index (χ0v) is 22.9. The molecule has 0 amide bonds. The summed E-state index contributed by atoms with van der Waals surface area (Å²) in [5.41, 5.74) is 4.55. The average Bonchev–Trinajstić information content (AvgIpc) is 2.98. The van der Waals surface area contributed by atoms with Gasteiger partial charge in [-0.15, -0.1) is 23.5 Å². The van der Waals surface area contributed by atoms with E-state index in [9.17, 15) is 10.2 Å². The molecule has 2 heterocycles. The minimum atomic E-state index is 0.306. The average molecular weight is 549 g/mol. The van der Waals surface area contributed by atoms with E-state index in [0.717, 1.165) is 29.0 Å². The van der Waals surface area contributed by atoms with Crippen LogP contribution in [0.2, 0.25) is 0 Å². The fourth-order valence-electron chi connectivity index (χ4n) is 4.08. The molecule has 0 unspecified atom stereocenters. The molecule has 0 saturated heterocycles. The number of aromatic nitrogens is 2. The third kappa shape index (κ3) is 7.31. The number of aryl methyl sites for hydroxylation is 1. The molecule has 0 saturated carbocycles. The molecule has 0 bridgehead atoms. The van der Waals surface area contributed by atoms with Crippen LogP contribution >= 0.6 is 23.5 Å². The summed E-state index contributed by atoms with van der Waals surface area (Å²) in [6.45, 7) is 0. The van der Waals surface area contributed by atoms with E-state index in [1.54, 1.807) is 36.0 Å². The van der Waals surface area contributed by atoms with Crippen molar-refractivity contribution in [3.05, 3.63) is 133 Å². The Balaban J connectivity index is 0.000000158. The van der Waals surface area contributed by atoms with Gasteiger partial charge in [-0.05, 0) is 66.1 Å². The van der Waals surface area contributed by atoms with Gasteiger partial charge in [0.1, 0.15) is 11.5 Å². The number of aromatic hydroxyl groups is 2. The number of rotatable bonds is 7. The summed E-state index contributed by atoms with van der Waals surface area (Å²) in [6, 6.07) is 35.3. The molecule has 0 fully saturated rings. The Morgan fingerprint density at radius 2 is 1.00 bits per heavy atom. The number of phenols is 2. The maximum Gasteiger partial charge on any atom is 0.115 e. The third-order valence-corrected chi connectivity index (χ3v) is 8.27. The van der Waals surface area contributed by atoms with Gasteiger partial charge >= 0.3 is 0 Å². The lowest BCUT2D eigenvalue weighted by molar-refractivity contribution is 0.474. The van der Waals surface area contributed by atoms with Crippen molar-refractivity contribution in [1.82, 2.24) is 9.97 Å². The molecule has 0 spiro atoms. The topological polar surface area (TPSA) is 66.2 Å². The number of nitrogens with zero attached hydrogens (tertiary/aromatic N) is 2. The van der Waals surface area contributed by atoms with Crippen LogP contribution in [0.3, 0.4) is 0 Å². The molecule has 0 aliphatic rings. The summed E-state index contributed by atoms with van der Waals surface area (Å²) in [5.74, 6) is 2.50.